The van der Waals surface area contributed by atoms with Crippen molar-refractivity contribution in [3.05, 3.63) is 46.6 Å². The molecule has 0 aromatic heterocycles. The van der Waals surface area contributed by atoms with Gasteiger partial charge in [-0.1, -0.05) is 72.3 Å². The van der Waals surface area contributed by atoms with Crippen LogP contribution in [0.3, 0.4) is 0 Å². The Hall–Kier alpha value is -2.05. The van der Waals surface area contributed by atoms with Crippen molar-refractivity contribution >= 4 is 5.97 Å². The summed E-state index contributed by atoms with van der Waals surface area (Å²) in [6.45, 7) is 16.7. The molecule has 1 saturated heterocycles. The second-order valence-electron chi connectivity index (χ2n) is 15.4. The lowest BCUT2D eigenvalue weighted by Gasteiger charge is -2.41. The fraction of sp³-hybridized carbons (Fsp3) is 0.775. The molecule has 10 N–H and O–H groups in total. The maximum Gasteiger partial charge on any atom is 0.333 e. The van der Waals surface area contributed by atoms with Crippen LogP contribution in [0.15, 0.2) is 46.6 Å². The molecule has 14 nitrogen and oxygen atoms in total. The number of rotatable bonds is 22. The van der Waals surface area contributed by atoms with E-state index in [-0.39, 0.29) is 17.4 Å². The van der Waals surface area contributed by atoms with Crippen molar-refractivity contribution in [2.24, 2.45) is 29.6 Å². The van der Waals surface area contributed by atoms with Gasteiger partial charge in [-0.3, -0.25) is 0 Å². The molecule has 54 heavy (non-hydrogen) atoms. The normalized spacial score (nSPS) is 28.3. The van der Waals surface area contributed by atoms with Crippen molar-refractivity contribution in [2.45, 2.75) is 149 Å². The summed E-state index contributed by atoms with van der Waals surface area (Å²) >= 11 is 0. The average Bonchev–Trinajstić information content (AvgIpc) is 3.13. The lowest BCUT2D eigenvalue weighted by Crippen LogP contribution is -2.60. The molecule has 1 aliphatic rings. The van der Waals surface area contributed by atoms with Gasteiger partial charge < -0.3 is 65.3 Å². The Balaban J connectivity index is 3.18. The predicted molar refractivity (Wildman–Crippen MR) is 202 cm³/mol. The van der Waals surface area contributed by atoms with Crippen LogP contribution >= 0.6 is 0 Å². The van der Waals surface area contributed by atoms with E-state index in [1.807, 2.05) is 19.9 Å². The first-order valence-electron chi connectivity index (χ1n) is 19.0. The number of allylic oxidation sites excluding steroid dienone is 1. The average molecular weight is 775 g/mol. The maximum atomic E-state index is 12.5. The number of aliphatic hydroxyl groups excluding tert-OH is 10. The minimum Gasteiger partial charge on any atom is -0.459 e. The van der Waals surface area contributed by atoms with E-state index >= 15 is 0 Å². The largest absolute Gasteiger partial charge is 0.459 e. The monoisotopic (exact) mass is 774 g/mol. The van der Waals surface area contributed by atoms with E-state index < -0.39 is 105 Å². The topological polar surface area (TPSA) is 247 Å². The second kappa shape index (κ2) is 23.9. The Bertz CT molecular complexity index is 1250. The van der Waals surface area contributed by atoms with Crippen LogP contribution < -0.4 is 0 Å². The van der Waals surface area contributed by atoms with E-state index in [1.165, 1.54) is 13.0 Å². The van der Waals surface area contributed by atoms with Gasteiger partial charge >= 0.3 is 5.97 Å². The highest BCUT2D eigenvalue weighted by atomic mass is 16.7. The molecule has 0 aromatic carbocycles. The summed E-state index contributed by atoms with van der Waals surface area (Å²) in [6.07, 6.45) is -5.61. The van der Waals surface area contributed by atoms with E-state index in [0.717, 1.165) is 18.4 Å². The zero-order chi connectivity index (χ0) is 41.6. The minimum absolute atomic E-state index is 0.138. The summed E-state index contributed by atoms with van der Waals surface area (Å²) < 4.78 is 17.0. The van der Waals surface area contributed by atoms with Crippen LogP contribution in [-0.4, -0.2) is 144 Å². The summed E-state index contributed by atoms with van der Waals surface area (Å²) in [6, 6.07) is 0. The SMILES string of the molecule is CCC(C)CC(C)/C=C(\C)C(O[C@@H]1O[C@H](CO)[C@@H](O)[C@H](O)[C@@H]1O)C(C)/C=C(\C)C(O)C(C)/C=C(\C)C(O)C(C)/C=C(\C)C(=O)OC[C@@H](O)C(O)[C@H](O)CO. The molecule has 1 fully saturated rings. The van der Waals surface area contributed by atoms with Crippen LogP contribution in [0.2, 0.25) is 0 Å². The number of carbonyl (C=O) groups excluding carboxylic acids is 1. The van der Waals surface area contributed by atoms with Gasteiger partial charge in [-0.2, -0.15) is 0 Å². The zero-order valence-electron chi connectivity index (χ0n) is 33.7. The quantitative estimate of drug-likeness (QED) is 0.0423. The van der Waals surface area contributed by atoms with Crippen LogP contribution in [0.4, 0.5) is 0 Å². The van der Waals surface area contributed by atoms with E-state index in [4.69, 9.17) is 19.3 Å². The summed E-state index contributed by atoms with van der Waals surface area (Å²) in [4.78, 5) is 12.5. The third-order valence-corrected chi connectivity index (χ3v) is 10.3. The molecular weight excluding hydrogens is 704 g/mol. The highest BCUT2D eigenvalue weighted by molar-refractivity contribution is 5.87. The second-order valence-corrected chi connectivity index (χ2v) is 15.4. The first-order valence-corrected chi connectivity index (χ1v) is 19.0. The molecule has 1 rings (SSSR count). The van der Waals surface area contributed by atoms with Crippen molar-refractivity contribution in [1.82, 2.24) is 0 Å². The molecular formula is C40H70O14. The smallest absolute Gasteiger partial charge is 0.333 e. The number of hydrogen-bond donors (Lipinski definition) is 10. The molecule has 0 saturated carbocycles. The fourth-order valence-corrected chi connectivity index (χ4v) is 6.71. The van der Waals surface area contributed by atoms with Gasteiger partial charge in [0.1, 0.15) is 49.3 Å². The lowest BCUT2D eigenvalue weighted by molar-refractivity contribution is -0.310. The van der Waals surface area contributed by atoms with Crippen LogP contribution in [-0.2, 0) is 19.0 Å². The first-order chi connectivity index (χ1) is 25.1. The van der Waals surface area contributed by atoms with Crippen LogP contribution in [0, 0.1) is 29.6 Å². The van der Waals surface area contributed by atoms with Gasteiger partial charge in [-0.25, -0.2) is 4.79 Å². The maximum absolute atomic E-state index is 12.5. The molecule has 1 heterocycles. The third-order valence-electron chi connectivity index (χ3n) is 10.3. The van der Waals surface area contributed by atoms with E-state index in [2.05, 4.69) is 26.8 Å². The van der Waals surface area contributed by atoms with Gasteiger partial charge in [0, 0.05) is 23.3 Å². The van der Waals surface area contributed by atoms with Crippen molar-refractivity contribution in [3.8, 4) is 0 Å². The highest BCUT2D eigenvalue weighted by Crippen LogP contribution is 2.30. The Morgan fingerprint density at radius 3 is 1.78 bits per heavy atom. The van der Waals surface area contributed by atoms with E-state index in [1.54, 1.807) is 33.8 Å². The van der Waals surface area contributed by atoms with Crippen molar-refractivity contribution in [3.63, 3.8) is 0 Å². The van der Waals surface area contributed by atoms with Gasteiger partial charge in [-0.15, -0.1) is 0 Å². The fourth-order valence-electron chi connectivity index (χ4n) is 6.71. The number of aliphatic hydroxyl groups is 10. The van der Waals surface area contributed by atoms with Crippen molar-refractivity contribution in [1.29, 1.82) is 0 Å². The molecule has 0 aliphatic carbocycles. The molecule has 1 aliphatic heterocycles. The highest BCUT2D eigenvalue weighted by Gasteiger charge is 2.45. The van der Waals surface area contributed by atoms with Crippen LogP contribution in [0.1, 0.15) is 82.1 Å². The molecule has 14 heteroatoms. The molecule has 16 atom stereocenters. The molecule has 9 unspecified atom stereocenters. The van der Waals surface area contributed by atoms with Gasteiger partial charge in [0.05, 0.1) is 31.5 Å². The van der Waals surface area contributed by atoms with Gasteiger partial charge in [-0.05, 0) is 62.7 Å². The van der Waals surface area contributed by atoms with Crippen molar-refractivity contribution < 1.29 is 70.1 Å². The third kappa shape index (κ3) is 15.1. The molecule has 0 spiro atoms. The Kier molecular flexibility index (Phi) is 22.1. The molecule has 0 radical (unpaired) electrons. The van der Waals surface area contributed by atoms with Crippen molar-refractivity contribution in [2.75, 3.05) is 19.8 Å². The minimum atomic E-state index is -1.71. The Morgan fingerprint density at radius 2 is 1.26 bits per heavy atom. The number of ether oxygens (including phenoxy) is 3. The summed E-state index contributed by atoms with van der Waals surface area (Å²) in [5.41, 5.74) is 2.14. The number of esters is 1. The van der Waals surface area contributed by atoms with Crippen LogP contribution in [0.25, 0.3) is 0 Å². The standard InChI is InChI=1S/C40H70O14/c1-11-20(2)12-21(3)13-26(8)38(54-40-37(50)36(49)35(48)31(18-42)53-40)27(9)15-24(6)32(45)22(4)14-23(5)33(46)25(7)16-28(10)39(51)52-19-30(44)34(47)29(43)17-41/h13-16,20-22,25,27,29-38,40-50H,11-12,17-19H2,1-10H3/b23-14+,24-15+,26-13+,28-16+/t20?,21?,22?,25?,27?,29-,30-,31-,32?,33?,34?,35-,36+,37+,38?,40+/m1/s1. The first kappa shape index (κ1) is 50.0. The Morgan fingerprint density at radius 1 is 0.722 bits per heavy atom. The van der Waals surface area contributed by atoms with E-state index in [0.29, 0.717) is 17.1 Å². The van der Waals surface area contributed by atoms with E-state index in [9.17, 15) is 50.8 Å². The number of carbonyl (C=O) groups is 1. The lowest BCUT2D eigenvalue weighted by atomic mass is 9.87. The Labute approximate surface area is 321 Å². The van der Waals surface area contributed by atoms with Gasteiger partial charge in [0.25, 0.3) is 0 Å². The molecule has 314 valence electrons. The predicted octanol–water partition coefficient (Wildman–Crippen LogP) is 1.28. The van der Waals surface area contributed by atoms with Crippen LogP contribution in [0.5, 0.6) is 0 Å². The zero-order valence-corrected chi connectivity index (χ0v) is 33.7. The van der Waals surface area contributed by atoms with Gasteiger partial charge in [0.2, 0.25) is 0 Å². The molecule has 0 amide bonds. The van der Waals surface area contributed by atoms with Gasteiger partial charge in [0.15, 0.2) is 6.29 Å². The summed E-state index contributed by atoms with van der Waals surface area (Å²) in [5.74, 6) is -1.49. The number of hydrogen-bond acceptors (Lipinski definition) is 14. The molecule has 0 bridgehead atoms. The summed E-state index contributed by atoms with van der Waals surface area (Å²) in [5, 5.41) is 102. The summed E-state index contributed by atoms with van der Waals surface area (Å²) in [7, 11) is 0. The molecule has 0 aromatic rings.